The van der Waals surface area contributed by atoms with Crippen molar-refractivity contribution in [3.05, 3.63) is 59.2 Å². The van der Waals surface area contributed by atoms with Gasteiger partial charge in [-0.3, -0.25) is 4.79 Å². The Balaban J connectivity index is 1.72. The van der Waals surface area contributed by atoms with Crippen molar-refractivity contribution in [2.24, 2.45) is 0 Å². The van der Waals surface area contributed by atoms with Crippen LogP contribution in [-0.4, -0.2) is 12.5 Å². The summed E-state index contributed by atoms with van der Waals surface area (Å²) in [5, 5.41) is 2.95. The first-order chi connectivity index (χ1) is 10.5. The fourth-order valence-corrected chi connectivity index (χ4v) is 2.22. The first-order valence-electron chi connectivity index (χ1n) is 7.61. The van der Waals surface area contributed by atoms with Crippen molar-refractivity contribution in [2.45, 2.75) is 33.6 Å². The molecule has 0 aliphatic carbocycles. The molecule has 116 valence electrons. The average Bonchev–Trinajstić information content (AvgIpc) is 2.48. The van der Waals surface area contributed by atoms with E-state index in [1.54, 1.807) is 0 Å². The van der Waals surface area contributed by atoms with Gasteiger partial charge in [-0.2, -0.15) is 0 Å². The molecule has 0 aromatic heterocycles. The molecule has 0 fully saturated rings. The molecule has 3 heteroatoms. The molecule has 1 N–H and O–H groups in total. The number of anilines is 1. The standard InChI is InChI=1S/C19H23NO2/c1-14-6-9-17(10-7-14)22-12-4-5-19(21)20-18-11-8-15(2)13-16(18)3/h6-11,13H,4-5,12H2,1-3H3,(H,20,21). The topological polar surface area (TPSA) is 38.3 Å². The zero-order valence-electron chi connectivity index (χ0n) is 13.5. The van der Waals surface area contributed by atoms with Crippen LogP contribution in [0.1, 0.15) is 29.5 Å². The summed E-state index contributed by atoms with van der Waals surface area (Å²) in [7, 11) is 0. The molecule has 2 aromatic rings. The van der Waals surface area contributed by atoms with Gasteiger partial charge in [0.05, 0.1) is 6.61 Å². The largest absolute Gasteiger partial charge is 0.494 e. The monoisotopic (exact) mass is 297 g/mol. The highest BCUT2D eigenvalue weighted by Gasteiger charge is 2.05. The normalized spacial score (nSPS) is 10.3. The summed E-state index contributed by atoms with van der Waals surface area (Å²) in [5.74, 6) is 0.875. The number of benzene rings is 2. The number of carbonyl (C=O) groups is 1. The van der Waals surface area contributed by atoms with E-state index in [1.807, 2.05) is 57.2 Å². The van der Waals surface area contributed by atoms with Crippen LogP contribution in [0.25, 0.3) is 0 Å². The van der Waals surface area contributed by atoms with Crippen molar-refractivity contribution in [2.75, 3.05) is 11.9 Å². The lowest BCUT2D eigenvalue weighted by molar-refractivity contribution is -0.116. The minimum absolute atomic E-state index is 0.0273. The van der Waals surface area contributed by atoms with Crippen LogP contribution < -0.4 is 10.1 Å². The fourth-order valence-electron chi connectivity index (χ4n) is 2.22. The molecule has 2 rings (SSSR count). The Morgan fingerprint density at radius 3 is 2.36 bits per heavy atom. The van der Waals surface area contributed by atoms with E-state index in [0.29, 0.717) is 19.4 Å². The fraction of sp³-hybridized carbons (Fsp3) is 0.316. The lowest BCUT2D eigenvalue weighted by Gasteiger charge is -2.10. The van der Waals surface area contributed by atoms with Crippen molar-refractivity contribution in [1.82, 2.24) is 0 Å². The van der Waals surface area contributed by atoms with E-state index < -0.39 is 0 Å². The number of ether oxygens (including phenoxy) is 1. The molecule has 22 heavy (non-hydrogen) atoms. The molecule has 0 aliphatic heterocycles. The van der Waals surface area contributed by atoms with Crippen LogP contribution in [0, 0.1) is 20.8 Å². The molecule has 0 aliphatic rings. The second-order valence-corrected chi connectivity index (χ2v) is 5.63. The second kappa shape index (κ2) is 7.64. The van der Waals surface area contributed by atoms with Gasteiger partial charge in [0.25, 0.3) is 0 Å². The number of hydrogen-bond donors (Lipinski definition) is 1. The Morgan fingerprint density at radius 1 is 1.00 bits per heavy atom. The van der Waals surface area contributed by atoms with Gasteiger partial charge in [-0.15, -0.1) is 0 Å². The number of hydrogen-bond acceptors (Lipinski definition) is 2. The Bertz CT molecular complexity index is 632. The average molecular weight is 297 g/mol. The van der Waals surface area contributed by atoms with E-state index >= 15 is 0 Å². The van der Waals surface area contributed by atoms with Gasteiger partial charge in [0.2, 0.25) is 5.91 Å². The summed E-state index contributed by atoms with van der Waals surface area (Å²) in [6.45, 7) is 6.63. The Kier molecular flexibility index (Phi) is 5.59. The third-order valence-corrected chi connectivity index (χ3v) is 3.49. The van der Waals surface area contributed by atoms with E-state index in [0.717, 1.165) is 17.0 Å². The Morgan fingerprint density at radius 2 is 1.68 bits per heavy atom. The van der Waals surface area contributed by atoms with Gasteiger partial charge in [-0.25, -0.2) is 0 Å². The minimum atomic E-state index is 0.0273. The number of nitrogens with one attached hydrogen (secondary N) is 1. The third kappa shape index (κ3) is 4.92. The van der Waals surface area contributed by atoms with E-state index in [4.69, 9.17) is 4.74 Å². The molecule has 0 bridgehead atoms. The van der Waals surface area contributed by atoms with E-state index in [1.165, 1.54) is 11.1 Å². The van der Waals surface area contributed by atoms with E-state index in [-0.39, 0.29) is 5.91 Å². The lowest BCUT2D eigenvalue weighted by atomic mass is 10.1. The number of amides is 1. The van der Waals surface area contributed by atoms with Crippen LogP contribution in [0.15, 0.2) is 42.5 Å². The third-order valence-electron chi connectivity index (χ3n) is 3.49. The predicted octanol–water partition coefficient (Wildman–Crippen LogP) is 4.41. The Hall–Kier alpha value is -2.29. The first-order valence-corrected chi connectivity index (χ1v) is 7.61. The van der Waals surface area contributed by atoms with Crippen molar-refractivity contribution in [1.29, 1.82) is 0 Å². The van der Waals surface area contributed by atoms with Crippen LogP contribution in [0.2, 0.25) is 0 Å². The van der Waals surface area contributed by atoms with Gasteiger partial charge in [-0.05, 0) is 51.0 Å². The second-order valence-electron chi connectivity index (χ2n) is 5.63. The van der Waals surface area contributed by atoms with Crippen LogP contribution in [0.5, 0.6) is 5.75 Å². The van der Waals surface area contributed by atoms with Crippen LogP contribution in [0.3, 0.4) is 0 Å². The maximum absolute atomic E-state index is 11.9. The smallest absolute Gasteiger partial charge is 0.224 e. The SMILES string of the molecule is Cc1ccc(OCCCC(=O)Nc2ccc(C)cc2C)cc1. The highest BCUT2D eigenvalue weighted by molar-refractivity contribution is 5.91. The molecule has 3 nitrogen and oxygen atoms in total. The molecular weight excluding hydrogens is 274 g/mol. The van der Waals surface area contributed by atoms with Crippen LogP contribution >= 0.6 is 0 Å². The molecule has 0 atom stereocenters. The molecule has 0 saturated heterocycles. The molecule has 0 heterocycles. The zero-order chi connectivity index (χ0) is 15.9. The molecule has 2 aromatic carbocycles. The van der Waals surface area contributed by atoms with Gasteiger partial charge in [-0.1, -0.05) is 35.4 Å². The van der Waals surface area contributed by atoms with Crippen molar-refractivity contribution < 1.29 is 9.53 Å². The van der Waals surface area contributed by atoms with Crippen molar-refractivity contribution in [3.63, 3.8) is 0 Å². The van der Waals surface area contributed by atoms with Gasteiger partial charge >= 0.3 is 0 Å². The first kappa shape index (κ1) is 16.1. The summed E-state index contributed by atoms with van der Waals surface area (Å²) in [5.41, 5.74) is 4.38. The molecule has 1 amide bonds. The predicted molar refractivity (Wildman–Crippen MR) is 90.5 cm³/mol. The van der Waals surface area contributed by atoms with Gasteiger partial charge in [0.15, 0.2) is 0 Å². The molecule has 0 spiro atoms. The number of aryl methyl sites for hydroxylation is 3. The maximum atomic E-state index is 11.9. The summed E-state index contributed by atoms with van der Waals surface area (Å²) >= 11 is 0. The zero-order valence-corrected chi connectivity index (χ0v) is 13.5. The molecule has 0 radical (unpaired) electrons. The Labute approximate surface area is 132 Å². The quantitative estimate of drug-likeness (QED) is 0.802. The summed E-state index contributed by atoms with van der Waals surface area (Å²) in [4.78, 5) is 11.9. The van der Waals surface area contributed by atoms with Crippen molar-refractivity contribution >= 4 is 11.6 Å². The van der Waals surface area contributed by atoms with Gasteiger partial charge < -0.3 is 10.1 Å². The van der Waals surface area contributed by atoms with Crippen LogP contribution in [0.4, 0.5) is 5.69 Å². The maximum Gasteiger partial charge on any atom is 0.224 e. The minimum Gasteiger partial charge on any atom is -0.494 e. The highest BCUT2D eigenvalue weighted by Crippen LogP contribution is 2.16. The molecule has 0 unspecified atom stereocenters. The summed E-state index contributed by atoms with van der Waals surface area (Å²) < 4.78 is 5.62. The lowest BCUT2D eigenvalue weighted by Crippen LogP contribution is -2.13. The summed E-state index contributed by atoms with van der Waals surface area (Å²) in [6.07, 6.45) is 1.16. The van der Waals surface area contributed by atoms with Gasteiger partial charge in [0.1, 0.15) is 5.75 Å². The van der Waals surface area contributed by atoms with Gasteiger partial charge in [0, 0.05) is 12.1 Å². The molecular formula is C19H23NO2. The summed E-state index contributed by atoms with van der Waals surface area (Å²) in [6, 6.07) is 13.9. The molecule has 0 saturated carbocycles. The van der Waals surface area contributed by atoms with E-state index in [9.17, 15) is 4.79 Å². The van der Waals surface area contributed by atoms with Crippen molar-refractivity contribution in [3.8, 4) is 5.75 Å². The number of rotatable bonds is 6. The van der Waals surface area contributed by atoms with Crippen LogP contribution in [-0.2, 0) is 4.79 Å². The number of carbonyl (C=O) groups excluding carboxylic acids is 1. The van der Waals surface area contributed by atoms with E-state index in [2.05, 4.69) is 11.4 Å². The highest BCUT2D eigenvalue weighted by atomic mass is 16.5.